The zero-order chi connectivity index (χ0) is 28.0. The van der Waals surface area contributed by atoms with Crippen molar-refractivity contribution in [2.75, 3.05) is 13.1 Å². The molecule has 3 aromatic rings. The number of aliphatic imine (C=N–C) groups is 1. The highest BCUT2D eigenvalue weighted by atomic mass is 32.1. The van der Waals surface area contributed by atoms with Gasteiger partial charge in [-0.25, -0.2) is 4.98 Å². The van der Waals surface area contributed by atoms with Gasteiger partial charge in [0, 0.05) is 13.1 Å². The van der Waals surface area contributed by atoms with E-state index >= 15 is 0 Å². The van der Waals surface area contributed by atoms with Crippen LogP contribution in [0, 0.1) is 0 Å². The minimum Gasteiger partial charge on any atom is -0.370 e. The smallest absolute Gasteiger partial charge is 0.243 e. The number of Topliss-reactive ketones (excluding diaryl/α,β-unsaturated/α-hetero) is 1. The van der Waals surface area contributed by atoms with Gasteiger partial charge in [-0.05, 0) is 56.7 Å². The molecule has 4 rings (SSSR count). The third kappa shape index (κ3) is 6.98. The zero-order valence-corrected chi connectivity index (χ0v) is 22.8. The van der Waals surface area contributed by atoms with Crippen molar-refractivity contribution in [2.45, 2.75) is 56.7 Å². The number of nitrogens with zero attached hydrogens (tertiary/aromatic N) is 3. The van der Waals surface area contributed by atoms with Gasteiger partial charge in [0.15, 0.2) is 11.0 Å². The van der Waals surface area contributed by atoms with E-state index in [1.807, 2.05) is 54.6 Å². The average molecular weight is 550 g/mol. The standard InChI is InChI=1S/C28H35N7O3S/c1-28(31,17-18-9-3-2-4-10-18)26(38)35-16-8-13-21(35)24(37)33-20(12-7-15-32-27(29)30)23(36)25-34-19-11-5-6-14-22(19)39-25/h2-6,9-11,14,20-21H,7-8,12-13,15-17,31H2,1H3,(H,33,37)(H4,29,30,32)/t20?,21-,28+/m0/s1. The normalized spacial score (nSPS) is 17.4. The van der Waals surface area contributed by atoms with Crippen molar-refractivity contribution in [3.05, 3.63) is 65.2 Å². The number of ketones is 1. The lowest BCUT2D eigenvalue weighted by molar-refractivity contribution is -0.142. The van der Waals surface area contributed by atoms with Crippen LogP contribution in [-0.4, -0.2) is 64.2 Å². The number of rotatable bonds is 11. The largest absolute Gasteiger partial charge is 0.370 e. The Bertz CT molecular complexity index is 1320. The first-order valence-electron chi connectivity index (χ1n) is 13.0. The number of hydrogen-bond donors (Lipinski definition) is 4. The van der Waals surface area contributed by atoms with E-state index in [1.165, 1.54) is 11.3 Å². The van der Waals surface area contributed by atoms with E-state index in [-0.39, 0.29) is 23.6 Å². The highest BCUT2D eigenvalue weighted by Gasteiger charge is 2.42. The maximum absolute atomic E-state index is 13.5. The molecule has 39 heavy (non-hydrogen) atoms. The van der Waals surface area contributed by atoms with Crippen LogP contribution in [0.1, 0.15) is 48.0 Å². The first-order chi connectivity index (χ1) is 18.7. The van der Waals surface area contributed by atoms with Gasteiger partial charge in [-0.15, -0.1) is 11.3 Å². The summed E-state index contributed by atoms with van der Waals surface area (Å²) in [5.74, 6) is -0.977. The number of nitrogens with one attached hydrogen (secondary N) is 1. The number of nitrogens with two attached hydrogens (primary N) is 3. The lowest BCUT2D eigenvalue weighted by atomic mass is 9.92. The van der Waals surface area contributed by atoms with E-state index in [0.29, 0.717) is 50.2 Å². The molecule has 0 spiro atoms. The van der Waals surface area contributed by atoms with Crippen molar-refractivity contribution in [3.8, 4) is 0 Å². The van der Waals surface area contributed by atoms with E-state index < -0.39 is 17.6 Å². The molecule has 0 bridgehead atoms. The molecule has 2 aromatic carbocycles. The highest BCUT2D eigenvalue weighted by molar-refractivity contribution is 7.20. The molecule has 0 radical (unpaired) electrons. The molecule has 3 atom stereocenters. The summed E-state index contributed by atoms with van der Waals surface area (Å²) in [6, 6.07) is 15.5. The molecule has 11 heteroatoms. The Morgan fingerprint density at radius 1 is 1.15 bits per heavy atom. The minimum atomic E-state index is -1.18. The zero-order valence-electron chi connectivity index (χ0n) is 22.0. The van der Waals surface area contributed by atoms with Crippen LogP contribution in [0.5, 0.6) is 0 Å². The Hall–Kier alpha value is -3.83. The fourth-order valence-corrected chi connectivity index (χ4v) is 5.83. The molecule has 1 aliphatic rings. The van der Waals surface area contributed by atoms with Gasteiger partial charge in [0.1, 0.15) is 6.04 Å². The summed E-state index contributed by atoms with van der Waals surface area (Å²) in [5, 5.41) is 3.23. The lowest BCUT2D eigenvalue weighted by Gasteiger charge is -2.33. The Morgan fingerprint density at radius 2 is 1.87 bits per heavy atom. The van der Waals surface area contributed by atoms with Crippen molar-refractivity contribution >= 4 is 45.1 Å². The number of fused-ring (bicyclic) bond motifs is 1. The quantitative estimate of drug-likeness (QED) is 0.123. The fraction of sp³-hybridized carbons (Fsp3) is 0.393. The molecular weight excluding hydrogens is 514 g/mol. The first kappa shape index (κ1) is 28.2. The topological polar surface area (TPSA) is 170 Å². The highest BCUT2D eigenvalue weighted by Crippen LogP contribution is 2.25. The first-order valence-corrected chi connectivity index (χ1v) is 13.9. The van der Waals surface area contributed by atoms with Gasteiger partial charge in [0.05, 0.1) is 21.8 Å². The monoisotopic (exact) mass is 549 g/mol. The van der Waals surface area contributed by atoms with Crippen LogP contribution in [-0.2, 0) is 16.0 Å². The molecular formula is C28H35N7O3S. The molecule has 1 unspecified atom stereocenters. The molecule has 1 aliphatic heterocycles. The molecule has 0 aliphatic carbocycles. The predicted octanol–water partition coefficient (Wildman–Crippen LogP) is 1.97. The second-order valence-corrected chi connectivity index (χ2v) is 11.1. The fourth-order valence-electron chi connectivity index (χ4n) is 4.87. The SMILES string of the molecule is C[C@@](N)(Cc1ccccc1)C(=O)N1CCC[C@H]1C(=O)NC(CCCN=C(N)N)C(=O)c1nc2ccccc2s1. The van der Waals surface area contributed by atoms with E-state index in [1.54, 1.807) is 11.8 Å². The number of hydrogen-bond acceptors (Lipinski definition) is 7. The predicted molar refractivity (Wildman–Crippen MR) is 153 cm³/mol. The summed E-state index contributed by atoms with van der Waals surface area (Å²) in [6.07, 6.45) is 2.31. The van der Waals surface area contributed by atoms with Crippen LogP contribution in [0.25, 0.3) is 10.2 Å². The number of thiazole rings is 1. The van der Waals surface area contributed by atoms with E-state index in [2.05, 4.69) is 15.3 Å². The van der Waals surface area contributed by atoms with Crippen molar-refractivity contribution in [2.24, 2.45) is 22.2 Å². The molecule has 2 heterocycles. The summed E-state index contributed by atoms with van der Waals surface area (Å²) >= 11 is 1.29. The minimum absolute atomic E-state index is 0.0338. The van der Waals surface area contributed by atoms with Crippen LogP contribution in [0.4, 0.5) is 0 Å². The van der Waals surface area contributed by atoms with E-state index in [9.17, 15) is 14.4 Å². The summed E-state index contributed by atoms with van der Waals surface area (Å²) in [7, 11) is 0. The number of amides is 2. The molecule has 2 amide bonds. The lowest BCUT2D eigenvalue weighted by Crippen LogP contribution is -2.59. The van der Waals surface area contributed by atoms with Gasteiger partial charge in [0.2, 0.25) is 17.6 Å². The maximum Gasteiger partial charge on any atom is 0.243 e. The second-order valence-electron chi connectivity index (χ2n) is 10.1. The Kier molecular flexibility index (Phi) is 8.93. The van der Waals surface area contributed by atoms with Gasteiger partial charge < -0.3 is 27.4 Å². The molecule has 10 nitrogen and oxygen atoms in total. The van der Waals surface area contributed by atoms with Crippen LogP contribution in [0.3, 0.4) is 0 Å². The van der Waals surface area contributed by atoms with Crippen LogP contribution in [0.15, 0.2) is 59.6 Å². The van der Waals surface area contributed by atoms with E-state index in [0.717, 1.165) is 15.8 Å². The van der Waals surface area contributed by atoms with Crippen LogP contribution >= 0.6 is 11.3 Å². The van der Waals surface area contributed by atoms with Crippen molar-refractivity contribution in [1.29, 1.82) is 0 Å². The average Bonchev–Trinajstić information content (AvgIpc) is 3.57. The molecule has 0 saturated carbocycles. The van der Waals surface area contributed by atoms with Gasteiger partial charge in [-0.1, -0.05) is 42.5 Å². The van der Waals surface area contributed by atoms with Gasteiger partial charge in [-0.3, -0.25) is 19.4 Å². The van der Waals surface area contributed by atoms with Crippen LogP contribution < -0.4 is 22.5 Å². The summed E-state index contributed by atoms with van der Waals surface area (Å²) in [4.78, 5) is 50.6. The Labute approximate surface area is 231 Å². The van der Waals surface area contributed by atoms with Gasteiger partial charge >= 0.3 is 0 Å². The third-order valence-electron chi connectivity index (χ3n) is 6.80. The van der Waals surface area contributed by atoms with Crippen molar-refractivity contribution in [3.63, 3.8) is 0 Å². The maximum atomic E-state index is 13.5. The number of benzene rings is 2. The number of para-hydroxylation sites is 1. The number of guanidine groups is 1. The molecule has 1 fully saturated rings. The molecule has 1 saturated heterocycles. The van der Waals surface area contributed by atoms with Crippen molar-refractivity contribution in [1.82, 2.24) is 15.2 Å². The summed E-state index contributed by atoms with van der Waals surface area (Å²) in [5.41, 5.74) is 17.8. The Balaban J connectivity index is 1.49. The van der Waals surface area contributed by atoms with Gasteiger partial charge in [-0.2, -0.15) is 0 Å². The molecule has 206 valence electrons. The van der Waals surface area contributed by atoms with Crippen molar-refractivity contribution < 1.29 is 14.4 Å². The number of aromatic nitrogens is 1. The van der Waals surface area contributed by atoms with Crippen LogP contribution in [0.2, 0.25) is 0 Å². The second kappa shape index (κ2) is 12.4. The third-order valence-corrected chi connectivity index (χ3v) is 7.85. The number of carbonyl (C=O) groups excluding carboxylic acids is 3. The van der Waals surface area contributed by atoms with Gasteiger partial charge in [0.25, 0.3) is 0 Å². The Morgan fingerprint density at radius 3 is 2.59 bits per heavy atom. The summed E-state index contributed by atoms with van der Waals surface area (Å²) in [6.45, 7) is 2.44. The number of likely N-dealkylation sites (tertiary alicyclic amines) is 1. The number of carbonyl (C=O) groups is 3. The summed E-state index contributed by atoms with van der Waals surface area (Å²) < 4.78 is 0.889. The molecule has 7 N–H and O–H groups in total. The van der Waals surface area contributed by atoms with E-state index in [4.69, 9.17) is 17.2 Å². The molecule has 1 aromatic heterocycles.